The van der Waals surface area contributed by atoms with Gasteiger partial charge >= 0.3 is 0 Å². The molecule has 6 aromatic rings. The quantitative estimate of drug-likeness (QED) is 0.0357. The summed E-state index contributed by atoms with van der Waals surface area (Å²) in [5.41, 5.74) is 5.23. The minimum atomic E-state index is -1.78. The molecule has 88 heavy (non-hydrogen) atoms. The molecular weight excluding hydrogens is 1130 g/mol. The number of hydrogen-bond acceptors (Lipinski definition) is 19. The van der Waals surface area contributed by atoms with E-state index in [9.17, 15) is 30.3 Å². The third-order valence-electron chi connectivity index (χ3n) is 16.0. The molecule has 0 aliphatic carbocycles. The summed E-state index contributed by atoms with van der Waals surface area (Å²) in [6.45, 7) is 4.74. The van der Waals surface area contributed by atoms with Gasteiger partial charge in [-0.15, -0.1) is 0 Å². The van der Waals surface area contributed by atoms with Crippen LogP contribution in [-0.2, 0) is 106 Å². The van der Waals surface area contributed by atoms with Crippen molar-refractivity contribution in [1.29, 1.82) is 0 Å². The summed E-state index contributed by atoms with van der Waals surface area (Å²) < 4.78 is 86.8. The van der Waals surface area contributed by atoms with Crippen LogP contribution in [0, 0.1) is 0 Å². The van der Waals surface area contributed by atoms with Crippen molar-refractivity contribution in [1.82, 2.24) is 5.32 Å². The average molecular weight is 1220 g/mol. The van der Waals surface area contributed by atoms with Crippen LogP contribution in [0.2, 0.25) is 0 Å². The second kappa shape index (κ2) is 32.2. The summed E-state index contributed by atoms with van der Waals surface area (Å²) in [6.07, 6.45) is -24.7. The second-order valence-corrected chi connectivity index (χ2v) is 22.5. The molecule has 0 spiro atoms. The standard InChI is InChI=1S/C68H81NO19/c1-42-57(77-36-46-24-12-5-13-25-46)61(55(73)66(82-42)86-60-53(69-44(3)71)65(75)84-51(34-70)54(60)72)87-67-56(74)62(58(43(2)83-67)78-37-47-26-14-6-15-27-47)88-68-64(81-40-50-32-20-9-21-33-50)63(80-39-49-30-18-8-19-31-49)59(79-38-48-28-16-7-17-29-48)52(85-68)41-76-35-45-22-10-4-11-23-45/h4-33,42-43,51-68,70,72-75H,34-41H2,1-3H3,(H,69,71)/t42-,43-,51+,52+,53+,54+,55+,56+,57-,58-,59+,60+,61-,62-,63-,64+,65+,66-,67-,68+/m0/s1. The van der Waals surface area contributed by atoms with Crippen LogP contribution in [0.5, 0.6) is 0 Å². The molecule has 0 bridgehead atoms. The molecule has 0 unspecified atom stereocenters. The number of carbonyl (C=O) groups is 1. The minimum absolute atomic E-state index is 0.0146. The highest BCUT2D eigenvalue weighted by Gasteiger charge is 2.57. The molecule has 20 nitrogen and oxygen atoms in total. The minimum Gasteiger partial charge on any atom is -0.394 e. The fraction of sp³-hybridized carbons (Fsp3) is 0.456. The molecule has 4 saturated heterocycles. The van der Waals surface area contributed by atoms with Gasteiger partial charge in [0.05, 0.1) is 65.1 Å². The van der Waals surface area contributed by atoms with E-state index in [-0.39, 0.29) is 46.2 Å². The van der Waals surface area contributed by atoms with E-state index in [1.54, 1.807) is 13.8 Å². The molecule has 20 atom stereocenters. The Hall–Kier alpha value is -5.93. The molecule has 0 aromatic heterocycles. The molecule has 6 aromatic carbocycles. The highest BCUT2D eigenvalue weighted by atomic mass is 16.8. The normalized spacial score (nSPS) is 32.5. The van der Waals surface area contributed by atoms with Gasteiger partial charge in [-0.1, -0.05) is 182 Å². The molecule has 10 rings (SSSR count). The summed E-state index contributed by atoms with van der Waals surface area (Å²) in [6, 6.07) is 56.4. The lowest BCUT2D eigenvalue weighted by molar-refractivity contribution is -0.391. The number of aliphatic hydroxyl groups is 5. The van der Waals surface area contributed by atoms with Crippen LogP contribution in [0.25, 0.3) is 0 Å². The van der Waals surface area contributed by atoms with E-state index in [1.165, 1.54) is 6.92 Å². The van der Waals surface area contributed by atoms with Gasteiger partial charge in [0.15, 0.2) is 25.2 Å². The molecule has 0 saturated carbocycles. The largest absolute Gasteiger partial charge is 0.394 e. The molecule has 1 amide bonds. The van der Waals surface area contributed by atoms with Crippen molar-refractivity contribution in [3.8, 4) is 0 Å². The maximum absolute atomic E-state index is 13.1. The van der Waals surface area contributed by atoms with Crippen molar-refractivity contribution in [3.63, 3.8) is 0 Å². The second-order valence-electron chi connectivity index (χ2n) is 22.5. The zero-order chi connectivity index (χ0) is 61.4. The van der Waals surface area contributed by atoms with Gasteiger partial charge in [-0.2, -0.15) is 0 Å². The molecule has 0 radical (unpaired) electrons. The Morgan fingerprint density at radius 2 is 0.750 bits per heavy atom. The SMILES string of the molecule is CC(=O)N[C@@H]1[C@@H](O[C@@H]2O[C@@H](C)[C@H](OCc3ccccc3)[C@@H](O[C@@H]3O[C@@H](C)[C@H](OCc4ccccc4)[C@@H](O[C@H]4O[C@H](COCc5ccccc5)[C@@H](OCc5ccccc5)[C@H](OCc5ccccc5)[C@H]4OCc4ccccc4)[C@H]3O)[C@H]2O)[C@H](O)[C@@H](CO)O[C@H]1O. The number of ether oxygens (including phenoxy) is 13. The number of rotatable bonds is 27. The van der Waals surface area contributed by atoms with E-state index >= 15 is 0 Å². The van der Waals surface area contributed by atoms with E-state index in [1.807, 2.05) is 182 Å². The summed E-state index contributed by atoms with van der Waals surface area (Å²) in [7, 11) is 0. The van der Waals surface area contributed by atoms with E-state index in [2.05, 4.69) is 5.32 Å². The number of amides is 1. The summed E-state index contributed by atoms with van der Waals surface area (Å²) >= 11 is 0. The van der Waals surface area contributed by atoms with E-state index in [4.69, 9.17) is 61.6 Å². The Morgan fingerprint density at radius 1 is 0.398 bits per heavy atom. The van der Waals surface area contributed by atoms with Crippen LogP contribution in [0.3, 0.4) is 0 Å². The molecule has 4 aliphatic rings. The average Bonchev–Trinajstić information content (AvgIpc) is 1.05. The Kier molecular flexibility index (Phi) is 23.8. The van der Waals surface area contributed by atoms with Crippen LogP contribution < -0.4 is 5.32 Å². The number of hydrogen-bond donors (Lipinski definition) is 6. The Morgan fingerprint density at radius 3 is 1.15 bits per heavy atom. The molecule has 472 valence electrons. The lowest BCUT2D eigenvalue weighted by atomic mass is 9.94. The monoisotopic (exact) mass is 1220 g/mol. The van der Waals surface area contributed by atoms with Crippen LogP contribution in [0.15, 0.2) is 182 Å². The molecule has 4 aliphatic heterocycles. The van der Waals surface area contributed by atoms with E-state index in [0.717, 1.165) is 33.4 Å². The van der Waals surface area contributed by atoms with E-state index < -0.39 is 135 Å². The number of carbonyl (C=O) groups excluding carboxylic acids is 1. The van der Waals surface area contributed by atoms with Crippen molar-refractivity contribution >= 4 is 5.91 Å². The first-order valence-electron chi connectivity index (χ1n) is 30.0. The molecule has 4 fully saturated rings. The zero-order valence-corrected chi connectivity index (χ0v) is 49.5. The highest BCUT2D eigenvalue weighted by Crippen LogP contribution is 2.38. The van der Waals surface area contributed by atoms with Gasteiger partial charge in [0.25, 0.3) is 0 Å². The van der Waals surface area contributed by atoms with E-state index in [0.29, 0.717) is 0 Å². The van der Waals surface area contributed by atoms with Gasteiger partial charge in [-0.05, 0) is 47.2 Å². The third-order valence-corrected chi connectivity index (χ3v) is 16.0. The maximum Gasteiger partial charge on any atom is 0.217 e. The maximum atomic E-state index is 13.1. The first kappa shape index (κ1) is 65.0. The third kappa shape index (κ3) is 17.1. The van der Waals surface area contributed by atoms with Crippen molar-refractivity contribution in [2.75, 3.05) is 13.2 Å². The van der Waals surface area contributed by atoms with Gasteiger partial charge in [0, 0.05) is 6.92 Å². The summed E-state index contributed by atoms with van der Waals surface area (Å²) in [4.78, 5) is 12.5. The molecule has 6 N–H and O–H groups in total. The summed E-state index contributed by atoms with van der Waals surface area (Å²) in [5, 5.41) is 60.9. The lowest BCUT2D eigenvalue weighted by Gasteiger charge is -2.51. The Bertz CT molecular complexity index is 2960. The fourth-order valence-corrected chi connectivity index (χ4v) is 11.5. The van der Waals surface area contributed by atoms with Crippen LogP contribution in [0.1, 0.15) is 54.2 Å². The predicted octanol–water partition coefficient (Wildman–Crippen LogP) is 5.80. The van der Waals surface area contributed by atoms with Crippen LogP contribution >= 0.6 is 0 Å². The van der Waals surface area contributed by atoms with Crippen molar-refractivity contribution in [3.05, 3.63) is 215 Å². The molecular formula is C68H81NO19. The lowest BCUT2D eigenvalue weighted by Crippen LogP contribution is -2.68. The van der Waals surface area contributed by atoms with Gasteiger partial charge in [-0.25, -0.2) is 0 Å². The Labute approximate surface area is 513 Å². The zero-order valence-electron chi connectivity index (χ0n) is 49.5. The van der Waals surface area contributed by atoms with Gasteiger partial charge in [0.1, 0.15) is 85.4 Å². The first-order chi connectivity index (χ1) is 42.9. The van der Waals surface area contributed by atoms with Crippen LogP contribution in [-0.4, -0.2) is 167 Å². The summed E-state index contributed by atoms with van der Waals surface area (Å²) in [5.74, 6) is -0.587. The number of aliphatic hydroxyl groups excluding tert-OH is 5. The van der Waals surface area contributed by atoms with Crippen molar-refractivity contribution in [2.45, 2.75) is 183 Å². The Balaban J connectivity index is 1.01. The predicted molar refractivity (Wildman–Crippen MR) is 317 cm³/mol. The number of benzene rings is 6. The van der Waals surface area contributed by atoms with Gasteiger partial charge in [0.2, 0.25) is 5.91 Å². The highest BCUT2D eigenvalue weighted by molar-refractivity contribution is 5.73. The van der Waals surface area contributed by atoms with Gasteiger partial charge < -0.3 is 92.4 Å². The number of nitrogens with one attached hydrogen (secondary N) is 1. The van der Waals surface area contributed by atoms with Crippen LogP contribution in [0.4, 0.5) is 0 Å². The van der Waals surface area contributed by atoms with Crippen molar-refractivity contribution in [2.24, 2.45) is 0 Å². The topological polar surface area (TPSA) is 250 Å². The smallest absolute Gasteiger partial charge is 0.217 e. The van der Waals surface area contributed by atoms with Gasteiger partial charge in [-0.3, -0.25) is 4.79 Å². The first-order valence-corrected chi connectivity index (χ1v) is 30.0. The van der Waals surface area contributed by atoms with Crippen molar-refractivity contribution < 1.29 is 91.9 Å². The molecule has 4 heterocycles. The fourth-order valence-electron chi connectivity index (χ4n) is 11.5. The molecule has 20 heteroatoms.